The predicted octanol–water partition coefficient (Wildman–Crippen LogP) is 1.88. The highest BCUT2D eigenvalue weighted by molar-refractivity contribution is 7.98. The number of carbonyl (C=O) groups excluding carboxylic acids is 1. The molecule has 0 aliphatic heterocycles. The average molecular weight is 264 g/mol. The van der Waals surface area contributed by atoms with Crippen molar-refractivity contribution in [3.05, 3.63) is 47.9 Å². The van der Waals surface area contributed by atoms with Crippen molar-refractivity contribution < 1.29 is 14.3 Å². The number of rotatable bonds is 4. The number of phenols is 1. The third-order valence-electron chi connectivity index (χ3n) is 2.31. The maximum absolute atomic E-state index is 11.4. The number of hydrazine groups is 1. The van der Waals surface area contributed by atoms with Gasteiger partial charge in [-0.05, 0) is 24.3 Å². The predicted molar refractivity (Wildman–Crippen MR) is 68.0 cm³/mol. The highest BCUT2D eigenvalue weighted by Crippen LogP contribution is 2.27. The largest absolute Gasteiger partial charge is 0.508 e. The number of carbonyl (C=O) groups is 1. The van der Waals surface area contributed by atoms with Gasteiger partial charge >= 0.3 is 0 Å². The van der Waals surface area contributed by atoms with Crippen LogP contribution >= 0.6 is 11.8 Å². The average Bonchev–Trinajstić information content (AvgIpc) is 2.84. The molecule has 5 nitrogen and oxygen atoms in total. The number of thioether (sulfide) groups is 1. The maximum atomic E-state index is 11.4. The first-order valence-corrected chi connectivity index (χ1v) is 6.18. The maximum Gasteiger partial charge on any atom is 0.268 e. The summed E-state index contributed by atoms with van der Waals surface area (Å²) in [7, 11) is 0. The first-order chi connectivity index (χ1) is 8.70. The summed E-state index contributed by atoms with van der Waals surface area (Å²) in [5.74, 6) is 5.94. The highest BCUT2D eigenvalue weighted by Gasteiger charge is 2.13. The summed E-state index contributed by atoms with van der Waals surface area (Å²) in [4.78, 5) is 12.3. The number of hydrogen-bond acceptors (Lipinski definition) is 5. The smallest absolute Gasteiger partial charge is 0.268 e. The molecule has 1 heterocycles. The minimum absolute atomic E-state index is 0.208. The number of furan rings is 1. The monoisotopic (exact) mass is 264 g/mol. The van der Waals surface area contributed by atoms with E-state index in [9.17, 15) is 9.90 Å². The Hall–Kier alpha value is -1.92. The Morgan fingerprint density at radius 3 is 3.00 bits per heavy atom. The van der Waals surface area contributed by atoms with E-state index in [4.69, 9.17) is 10.3 Å². The van der Waals surface area contributed by atoms with Crippen LogP contribution in [-0.2, 0) is 5.75 Å². The quantitative estimate of drug-likeness (QED) is 0.339. The van der Waals surface area contributed by atoms with Crippen molar-refractivity contribution in [2.24, 2.45) is 5.84 Å². The minimum Gasteiger partial charge on any atom is -0.508 e. The Labute approximate surface area is 108 Å². The molecule has 6 heteroatoms. The third kappa shape index (κ3) is 2.85. The van der Waals surface area contributed by atoms with Crippen LogP contribution in [0.3, 0.4) is 0 Å². The fourth-order valence-corrected chi connectivity index (χ4v) is 2.35. The lowest BCUT2D eigenvalue weighted by molar-refractivity contribution is 0.0952. The van der Waals surface area contributed by atoms with Gasteiger partial charge in [-0.25, -0.2) is 5.84 Å². The Balaban J connectivity index is 2.07. The Kier molecular flexibility index (Phi) is 3.91. The summed E-state index contributed by atoms with van der Waals surface area (Å²) in [5.41, 5.74) is 2.49. The summed E-state index contributed by atoms with van der Waals surface area (Å²) in [6, 6.07) is 8.45. The molecule has 0 saturated heterocycles. The molecule has 4 N–H and O–H groups in total. The molecular weight excluding hydrogens is 252 g/mol. The molecule has 2 aromatic rings. The van der Waals surface area contributed by atoms with Gasteiger partial charge in [0.05, 0.1) is 17.6 Å². The lowest BCUT2D eigenvalue weighted by Gasteiger charge is -2.02. The molecule has 1 aromatic heterocycles. The molecule has 0 unspecified atom stereocenters. The molecule has 94 valence electrons. The van der Waals surface area contributed by atoms with Crippen LogP contribution in [0.4, 0.5) is 0 Å². The molecule has 0 aliphatic carbocycles. The molecule has 0 radical (unpaired) electrons. The lowest BCUT2D eigenvalue weighted by Crippen LogP contribution is -2.30. The van der Waals surface area contributed by atoms with Crippen molar-refractivity contribution in [1.29, 1.82) is 0 Å². The fraction of sp³-hybridized carbons (Fsp3) is 0.0833. The van der Waals surface area contributed by atoms with Crippen LogP contribution in [0.2, 0.25) is 0 Å². The third-order valence-corrected chi connectivity index (χ3v) is 3.30. The number of hydrogen-bond donors (Lipinski definition) is 3. The van der Waals surface area contributed by atoms with E-state index in [0.717, 1.165) is 4.90 Å². The zero-order valence-electron chi connectivity index (χ0n) is 9.42. The van der Waals surface area contributed by atoms with Gasteiger partial charge in [0.25, 0.3) is 5.91 Å². The summed E-state index contributed by atoms with van der Waals surface area (Å²) >= 11 is 1.46. The van der Waals surface area contributed by atoms with Crippen molar-refractivity contribution in [3.8, 4) is 5.75 Å². The summed E-state index contributed by atoms with van der Waals surface area (Å²) in [6.45, 7) is 0. The molecule has 0 spiro atoms. The van der Waals surface area contributed by atoms with Gasteiger partial charge in [-0.2, -0.15) is 0 Å². The molecule has 18 heavy (non-hydrogen) atoms. The normalized spacial score (nSPS) is 10.3. The standard InChI is InChI=1S/C12H12N2O3S/c13-14-12(16)10-4-5-17-11(10)7-18-9-3-1-2-8(15)6-9/h1-6,15H,7,13H2,(H,14,16). The van der Waals surface area contributed by atoms with Gasteiger partial charge in [-0.1, -0.05) is 6.07 Å². The van der Waals surface area contributed by atoms with Crippen molar-refractivity contribution in [2.75, 3.05) is 0 Å². The Morgan fingerprint density at radius 1 is 1.44 bits per heavy atom. The number of nitrogens with two attached hydrogens (primary N) is 1. The van der Waals surface area contributed by atoms with Gasteiger partial charge in [-0.3, -0.25) is 10.2 Å². The zero-order valence-corrected chi connectivity index (χ0v) is 10.2. The van der Waals surface area contributed by atoms with Crippen LogP contribution in [-0.4, -0.2) is 11.0 Å². The van der Waals surface area contributed by atoms with E-state index in [0.29, 0.717) is 17.1 Å². The van der Waals surface area contributed by atoms with Crippen LogP contribution in [0.15, 0.2) is 45.9 Å². The zero-order chi connectivity index (χ0) is 13.0. The van der Waals surface area contributed by atoms with E-state index in [1.165, 1.54) is 18.0 Å². The number of aromatic hydroxyl groups is 1. The molecule has 1 aromatic carbocycles. The Morgan fingerprint density at radius 2 is 2.28 bits per heavy atom. The van der Waals surface area contributed by atoms with Crippen LogP contribution in [0.1, 0.15) is 16.1 Å². The van der Waals surface area contributed by atoms with E-state index in [-0.39, 0.29) is 11.7 Å². The van der Waals surface area contributed by atoms with Gasteiger partial charge in [0.1, 0.15) is 11.5 Å². The van der Waals surface area contributed by atoms with Gasteiger partial charge in [0, 0.05) is 4.90 Å². The molecule has 0 saturated carbocycles. The summed E-state index contributed by atoms with van der Waals surface area (Å²) in [5, 5.41) is 9.33. The van der Waals surface area contributed by atoms with E-state index in [1.807, 2.05) is 6.07 Å². The van der Waals surface area contributed by atoms with E-state index >= 15 is 0 Å². The van der Waals surface area contributed by atoms with E-state index < -0.39 is 0 Å². The number of benzene rings is 1. The van der Waals surface area contributed by atoms with E-state index in [2.05, 4.69) is 5.43 Å². The fourth-order valence-electron chi connectivity index (χ4n) is 1.45. The molecular formula is C12H12N2O3S. The Bertz CT molecular complexity index is 554. The summed E-state index contributed by atoms with van der Waals surface area (Å²) < 4.78 is 5.24. The second kappa shape index (κ2) is 5.61. The van der Waals surface area contributed by atoms with Gasteiger partial charge in [0.15, 0.2) is 0 Å². The second-order valence-corrected chi connectivity index (χ2v) is 4.57. The molecule has 0 aliphatic rings. The first kappa shape index (κ1) is 12.5. The number of nitrogen functional groups attached to an aromatic ring is 1. The molecule has 0 fully saturated rings. The summed E-state index contributed by atoms with van der Waals surface area (Å²) in [6.07, 6.45) is 1.45. The van der Waals surface area contributed by atoms with Crippen LogP contribution < -0.4 is 11.3 Å². The lowest BCUT2D eigenvalue weighted by atomic mass is 10.2. The van der Waals surface area contributed by atoms with Crippen molar-refractivity contribution in [2.45, 2.75) is 10.6 Å². The first-order valence-electron chi connectivity index (χ1n) is 5.20. The number of amides is 1. The van der Waals surface area contributed by atoms with Crippen molar-refractivity contribution >= 4 is 17.7 Å². The van der Waals surface area contributed by atoms with Crippen LogP contribution in [0, 0.1) is 0 Å². The number of nitrogens with one attached hydrogen (secondary N) is 1. The SMILES string of the molecule is NNC(=O)c1ccoc1CSc1cccc(O)c1. The van der Waals surface area contributed by atoms with Gasteiger partial charge in [-0.15, -0.1) is 11.8 Å². The molecule has 0 atom stereocenters. The number of phenolic OH excluding ortho intramolecular Hbond substituents is 1. The van der Waals surface area contributed by atoms with Crippen molar-refractivity contribution in [3.63, 3.8) is 0 Å². The molecule has 1 amide bonds. The minimum atomic E-state index is -0.379. The van der Waals surface area contributed by atoms with Crippen LogP contribution in [0.25, 0.3) is 0 Å². The van der Waals surface area contributed by atoms with E-state index in [1.54, 1.807) is 24.3 Å². The highest BCUT2D eigenvalue weighted by atomic mass is 32.2. The van der Waals surface area contributed by atoms with Gasteiger partial charge in [0.2, 0.25) is 0 Å². The molecule has 2 rings (SSSR count). The van der Waals surface area contributed by atoms with Gasteiger partial charge < -0.3 is 9.52 Å². The van der Waals surface area contributed by atoms with Crippen molar-refractivity contribution in [1.82, 2.24) is 5.43 Å². The van der Waals surface area contributed by atoms with Crippen LogP contribution in [0.5, 0.6) is 5.75 Å². The topological polar surface area (TPSA) is 88.5 Å². The molecule has 0 bridgehead atoms. The second-order valence-electron chi connectivity index (χ2n) is 3.52.